The minimum Gasteiger partial charge on any atom is -0.395 e. The smallest absolute Gasteiger partial charge is 0.248 e. The molecule has 1 fully saturated rings. The maximum absolute atomic E-state index is 11.8. The van der Waals surface area contributed by atoms with E-state index in [1.165, 1.54) is 0 Å². The molecule has 1 heterocycles. The molecule has 2 N–H and O–H groups in total. The fourth-order valence-electron chi connectivity index (χ4n) is 1.66. The van der Waals surface area contributed by atoms with Gasteiger partial charge in [0.05, 0.1) is 12.2 Å². The lowest BCUT2D eigenvalue weighted by atomic mass is 10.0. The van der Waals surface area contributed by atoms with Gasteiger partial charge in [-0.1, -0.05) is 6.92 Å². The number of amides is 1. The fraction of sp³-hybridized carbons (Fsp3) is 0.909. The second kappa shape index (κ2) is 6.18. The number of aliphatic hydroxyl groups excluding tert-OH is 1. The van der Waals surface area contributed by atoms with Crippen molar-refractivity contribution in [1.29, 1.82) is 0 Å². The molecule has 0 aromatic rings. The van der Waals surface area contributed by atoms with Crippen LogP contribution in [0.5, 0.6) is 0 Å². The molecule has 1 saturated heterocycles. The van der Waals surface area contributed by atoms with Crippen molar-refractivity contribution in [3.8, 4) is 0 Å². The second-order valence-corrected chi connectivity index (χ2v) is 4.45. The van der Waals surface area contributed by atoms with E-state index in [4.69, 9.17) is 9.84 Å². The topological polar surface area (TPSA) is 61.8 Å². The highest BCUT2D eigenvalue weighted by atomic mass is 16.5. The average Bonchev–Trinajstić information content (AvgIpc) is 2.23. The number of ether oxygens (including phenoxy) is 1. The van der Waals surface area contributed by atoms with E-state index in [0.29, 0.717) is 13.1 Å². The average molecular weight is 230 g/mol. The molecule has 1 aliphatic heterocycles. The van der Waals surface area contributed by atoms with Gasteiger partial charge in [0.15, 0.2) is 0 Å². The Morgan fingerprint density at radius 3 is 2.62 bits per heavy atom. The van der Waals surface area contributed by atoms with Crippen LogP contribution >= 0.6 is 0 Å². The minimum absolute atomic E-state index is 0.00453. The third-order valence-corrected chi connectivity index (χ3v) is 2.76. The summed E-state index contributed by atoms with van der Waals surface area (Å²) in [5.41, 5.74) is -0.188. The molecular formula is C11H22N2O3. The number of carbonyl (C=O) groups is 1. The number of hydrogen-bond acceptors (Lipinski definition) is 4. The van der Waals surface area contributed by atoms with Crippen LogP contribution in [0.25, 0.3) is 0 Å². The van der Waals surface area contributed by atoms with E-state index in [1.54, 1.807) is 4.90 Å². The summed E-state index contributed by atoms with van der Waals surface area (Å²) < 4.78 is 5.57. The SMILES string of the molecule is CCCN(CCO)C(=O)COC1(C)CNC1. The molecule has 0 aromatic carbocycles. The molecule has 94 valence electrons. The number of aliphatic hydroxyl groups is 1. The van der Waals surface area contributed by atoms with Crippen LogP contribution in [-0.4, -0.2) is 60.9 Å². The Bertz CT molecular complexity index is 223. The predicted molar refractivity (Wildman–Crippen MR) is 61.2 cm³/mol. The Labute approximate surface area is 96.8 Å². The first-order valence-electron chi connectivity index (χ1n) is 5.84. The van der Waals surface area contributed by atoms with E-state index in [-0.39, 0.29) is 24.7 Å². The Balaban J connectivity index is 2.30. The summed E-state index contributed by atoms with van der Waals surface area (Å²) in [6, 6.07) is 0. The minimum atomic E-state index is -0.188. The number of hydrogen-bond donors (Lipinski definition) is 2. The van der Waals surface area contributed by atoms with Crippen LogP contribution in [0, 0.1) is 0 Å². The molecule has 1 amide bonds. The summed E-state index contributed by atoms with van der Waals surface area (Å²) >= 11 is 0. The van der Waals surface area contributed by atoms with E-state index >= 15 is 0 Å². The molecule has 5 nitrogen and oxygen atoms in total. The van der Waals surface area contributed by atoms with Crippen molar-refractivity contribution in [2.24, 2.45) is 0 Å². The third-order valence-electron chi connectivity index (χ3n) is 2.76. The maximum atomic E-state index is 11.8. The van der Waals surface area contributed by atoms with Crippen LogP contribution in [0.15, 0.2) is 0 Å². The van der Waals surface area contributed by atoms with Gasteiger partial charge >= 0.3 is 0 Å². The van der Waals surface area contributed by atoms with Crippen molar-refractivity contribution in [3.05, 3.63) is 0 Å². The number of carbonyl (C=O) groups excluding carboxylic acids is 1. The van der Waals surface area contributed by atoms with Crippen molar-refractivity contribution >= 4 is 5.91 Å². The van der Waals surface area contributed by atoms with Crippen LogP contribution in [0.2, 0.25) is 0 Å². The monoisotopic (exact) mass is 230 g/mol. The molecule has 1 aliphatic rings. The highest BCUT2D eigenvalue weighted by Crippen LogP contribution is 2.15. The first-order valence-corrected chi connectivity index (χ1v) is 5.84. The Morgan fingerprint density at radius 2 is 2.19 bits per heavy atom. The lowest BCUT2D eigenvalue weighted by Gasteiger charge is -2.39. The van der Waals surface area contributed by atoms with Crippen LogP contribution < -0.4 is 5.32 Å². The van der Waals surface area contributed by atoms with Gasteiger partial charge in [-0.15, -0.1) is 0 Å². The predicted octanol–water partition coefficient (Wildman–Crippen LogP) is -0.404. The van der Waals surface area contributed by atoms with Crippen molar-refractivity contribution in [1.82, 2.24) is 10.2 Å². The van der Waals surface area contributed by atoms with Crippen molar-refractivity contribution in [2.75, 3.05) is 39.4 Å². The Hall–Kier alpha value is -0.650. The van der Waals surface area contributed by atoms with Crippen LogP contribution in [0.3, 0.4) is 0 Å². The molecule has 0 aromatic heterocycles. The van der Waals surface area contributed by atoms with Gasteiger partial charge in [-0.25, -0.2) is 0 Å². The molecule has 0 spiro atoms. The van der Waals surface area contributed by atoms with Gasteiger partial charge in [-0.3, -0.25) is 4.79 Å². The lowest BCUT2D eigenvalue weighted by Crippen LogP contribution is -2.59. The highest BCUT2D eigenvalue weighted by molar-refractivity contribution is 5.77. The highest BCUT2D eigenvalue weighted by Gasteiger charge is 2.33. The van der Waals surface area contributed by atoms with Gasteiger partial charge in [-0.2, -0.15) is 0 Å². The molecule has 16 heavy (non-hydrogen) atoms. The van der Waals surface area contributed by atoms with Crippen molar-refractivity contribution in [3.63, 3.8) is 0 Å². The van der Waals surface area contributed by atoms with E-state index in [1.807, 2.05) is 13.8 Å². The summed E-state index contributed by atoms with van der Waals surface area (Å²) in [7, 11) is 0. The van der Waals surface area contributed by atoms with E-state index < -0.39 is 0 Å². The van der Waals surface area contributed by atoms with E-state index in [0.717, 1.165) is 19.5 Å². The quantitative estimate of drug-likeness (QED) is 0.624. The summed E-state index contributed by atoms with van der Waals surface area (Å²) in [6.07, 6.45) is 0.893. The molecule has 0 bridgehead atoms. The van der Waals surface area contributed by atoms with Gasteiger partial charge in [0.25, 0.3) is 0 Å². The molecule has 1 rings (SSSR count). The third kappa shape index (κ3) is 3.73. The van der Waals surface area contributed by atoms with Gasteiger partial charge in [0.2, 0.25) is 5.91 Å². The van der Waals surface area contributed by atoms with Gasteiger partial charge in [0.1, 0.15) is 6.61 Å². The largest absolute Gasteiger partial charge is 0.395 e. The van der Waals surface area contributed by atoms with Gasteiger partial charge in [-0.05, 0) is 13.3 Å². The molecule has 0 unspecified atom stereocenters. The number of nitrogens with one attached hydrogen (secondary N) is 1. The molecule has 0 saturated carbocycles. The zero-order chi connectivity index (χ0) is 12.0. The standard InChI is InChI=1S/C11H22N2O3/c1-3-4-13(5-6-14)10(15)7-16-11(2)8-12-9-11/h12,14H,3-9H2,1-2H3. The lowest BCUT2D eigenvalue weighted by molar-refractivity contribution is -0.146. The summed E-state index contributed by atoms with van der Waals surface area (Å²) in [6.45, 7) is 6.79. The molecule has 0 aliphatic carbocycles. The van der Waals surface area contributed by atoms with Crippen LogP contribution in [-0.2, 0) is 9.53 Å². The van der Waals surface area contributed by atoms with Crippen LogP contribution in [0.1, 0.15) is 20.3 Å². The number of rotatable bonds is 7. The van der Waals surface area contributed by atoms with Gasteiger partial charge < -0.3 is 20.1 Å². The first-order chi connectivity index (χ1) is 7.61. The summed E-state index contributed by atoms with van der Waals surface area (Å²) in [5.74, 6) is -0.0379. The van der Waals surface area contributed by atoms with Crippen molar-refractivity contribution in [2.45, 2.75) is 25.9 Å². The summed E-state index contributed by atoms with van der Waals surface area (Å²) in [5, 5.41) is 12.0. The first kappa shape index (κ1) is 13.4. The molecule has 5 heteroatoms. The second-order valence-electron chi connectivity index (χ2n) is 4.45. The van der Waals surface area contributed by atoms with E-state index in [9.17, 15) is 4.79 Å². The maximum Gasteiger partial charge on any atom is 0.248 e. The van der Waals surface area contributed by atoms with Crippen molar-refractivity contribution < 1.29 is 14.6 Å². The Morgan fingerprint density at radius 1 is 1.50 bits per heavy atom. The molecule has 0 atom stereocenters. The zero-order valence-electron chi connectivity index (χ0n) is 10.2. The molecule has 0 radical (unpaired) electrons. The zero-order valence-corrected chi connectivity index (χ0v) is 10.2. The molecular weight excluding hydrogens is 208 g/mol. The van der Waals surface area contributed by atoms with E-state index in [2.05, 4.69) is 5.32 Å². The normalized spacial score (nSPS) is 17.9. The Kier molecular flexibility index (Phi) is 5.18. The summed E-state index contributed by atoms with van der Waals surface area (Å²) in [4.78, 5) is 13.4. The number of nitrogens with zero attached hydrogens (tertiary/aromatic N) is 1. The van der Waals surface area contributed by atoms with Gasteiger partial charge in [0, 0.05) is 26.2 Å². The fourth-order valence-corrected chi connectivity index (χ4v) is 1.66. The van der Waals surface area contributed by atoms with Crippen LogP contribution in [0.4, 0.5) is 0 Å².